The molecule has 0 saturated heterocycles. The van der Waals surface area contributed by atoms with Crippen molar-refractivity contribution in [2.24, 2.45) is 0 Å². The fourth-order valence-corrected chi connectivity index (χ4v) is 1.81. The minimum atomic E-state index is -0.730. The number of amides is 1. The molecule has 0 aliphatic carbocycles. The lowest BCUT2D eigenvalue weighted by molar-refractivity contribution is -0.384. The number of anilines is 1. The molecule has 112 valence electrons. The molecule has 0 aliphatic rings. The monoisotopic (exact) mass is 300 g/mol. The number of nitro benzene ring substituents is 1. The van der Waals surface area contributed by atoms with Gasteiger partial charge in [0.25, 0.3) is 11.6 Å². The van der Waals surface area contributed by atoms with Gasteiger partial charge in [-0.1, -0.05) is 30.3 Å². The van der Waals surface area contributed by atoms with Crippen LogP contribution < -0.4 is 5.32 Å². The summed E-state index contributed by atoms with van der Waals surface area (Å²) in [5.41, 5.74) is 0.674. The van der Waals surface area contributed by atoms with Crippen molar-refractivity contribution in [1.29, 1.82) is 0 Å². The van der Waals surface area contributed by atoms with Crippen LogP contribution in [0.2, 0.25) is 0 Å². The zero-order valence-electron chi connectivity index (χ0n) is 11.7. The van der Waals surface area contributed by atoms with E-state index in [1.165, 1.54) is 0 Å². The van der Waals surface area contributed by atoms with Crippen LogP contribution in [0.1, 0.15) is 12.5 Å². The molecular weight excluding hydrogens is 287 g/mol. The highest BCUT2D eigenvalue weighted by atomic mass is 19.1. The Morgan fingerprint density at radius 1 is 1.23 bits per heavy atom. The van der Waals surface area contributed by atoms with Gasteiger partial charge in [-0.15, -0.1) is 0 Å². The number of nitrogens with one attached hydrogen (secondary N) is 1. The maximum atomic E-state index is 13.6. The van der Waals surface area contributed by atoms with E-state index in [2.05, 4.69) is 5.32 Å². The highest BCUT2D eigenvalue weighted by Gasteiger charge is 2.13. The van der Waals surface area contributed by atoms with Gasteiger partial charge < -0.3 is 5.32 Å². The van der Waals surface area contributed by atoms with Crippen molar-refractivity contribution in [3.05, 3.63) is 75.6 Å². The van der Waals surface area contributed by atoms with Gasteiger partial charge in [0.05, 0.1) is 10.6 Å². The standard InChI is InChI=1S/C16H13FN2O3/c1-11(9-12-5-3-2-4-6-12)16(20)18-15-10-13(19(21)22)7-8-14(15)17/h2-10H,1H3,(H,18,20)/b11-9+. The van der Waals surface area contributed by atoms with Crippen molar-refractivity contribution in [2.75, 3.05) is 5.32 Å². The summed E-state index contributed by atoms with van der Waals surface area (Å²) in [7, 11) is 0. The molecule has 5 nitrogen and oxygen atoms in total. The zero-order chi connectivity index (χ0) is 16.1. The summed E-state index contributed by atoms with van der Waals surface area (Å²) in [5.74, 6) is -1.25. The van der Waals surface area contributed by atoms with Gasteiger partial charge in [-0.3, -0.25) is 14.9 Å². The number of carbonyl (C=O) groups is 1. The summed E-state index contributed by atoms with van der Waals surface area (Å²) in [6, 6.07) is 12.1. The van der Waals surface area contributed by atoms with E-state index in [-0.39, 0.29) is 11.4 Å². The molecule has 1 amide bonds. The average Bonchev–Trinajstić information content (AvgIpc) is 2.50. The molecule has 0 atom stereocenters. The van der Waals surface area contributed by atoms with E-state index < -0.39 is 16.6 Å². The molecule has 6 heteroatoms. The number of non-ortho nitro benzene ring substituents is 1. The smallest absolute Gasteiger partial charge is 0.271 e. The van der Waals surface area contributed by atoms with Crippen LogP contribution in [0.25, 0.3) is 6.08 Å². The molecule has 0 aliphatic heterocycles. The summed E-state index contributed by atoms with van der Waals surface area (Å²) in [6.45, 7) is 1.58. The van der Waals surface area contributed by atoms with Crippen LogP contribution in [0.15, 0.2) is 54.1 Å². The van der Waals surface area contributed by atoms with Crippen molar-refractivity contribution >= 4 is 23.4 Å². The average molecular weight is 300 g/mol. The van der Waals surface area contributed by atoms with Crippen molar-refractivity contribution in [2.45, 2.75) is 6.92 Å². The second-order valence-electron chi connectivity index (χ2n) is 4.61. The highest BCUT2D eigenvalue weighted by Crippen LogP contribution is 2.22. The number of rotatable bonds is 4. The van der Waals surface area contributed by atoms with Gasteiger partial charge in [-0.05, 0) is 24.6 Å². The Morgan fingerprint density at radius 2 is 1.91 bits per heavy atom. The second kappa shape index (κ2) is 6.62. The van der Waals surface area contributed by atoms with Gasteiger partial charge in [-0.2, -0.15) is 0 Å². The first-order chi connectivity index (χ1) is 10.5. The number of halogens is 1. The molecule has 22 heavy (non-hydrogen) atoms. The van der Waals surface area contributed by atoms with Crippen molar-refractivity contribution in [3.63, 3.8) is 0 Å². The zero-order valence-corrected chi connectivity index (χ0v) is 11.7. The van der Waals surface area contributed by atoms with Gasteiger partial charge in [0.1, 0.15) is 5.82 Å². The van der Waals surface area contributed by atoms with E-state index in [4.69, 9.17) is 0 Å². The minimum absolute atomic E-state index is 0.222. The number of hydrogen-bond donors (Lipinski definition) is 1. The summed E-state index contributed by atoms with van der Waals surface area (Å²) >= 11 is 0. The van der Waals surface area contributed by atoms with Crippen LogP contribution >= 0.6 is 0 Å². The predicted octanol–water partition coefficient (Wildman–Crippen LogP) is 3.78. The molecule has 0 fully saturated rings. The quantitative estimate of drug-likeness (QED) is 0.530. The molecule has 0 heterocycles. The number of benzene rings is 2. The number of hydrogen-bond acceptors (Lipinski definition) is 3. The van der Waals surface area contributed by atoms with Gasteiger partial charge in [0, 0.05) is 17.7 Å². The maximum Gasteiger partial charge on any atom is 0.271 e. The molecule has 0 radical (unpaired) electrons. The topological polar surface area (TPSA) is 72.2 Å². The fraction of sp³-hybridized carbons (Fsp3) is 0.0625. The van der Waals surface area contributed by atoms with Gasteiger partial charge in [-0.25, -0.2) is 4.39 Å². The van der Waals surface area contributed by atoms with Crippen molar-refractivity contribution in [1.82, 2.24) is 0 Å². The lowest BCUT2D eigenvalue weighted by Gasteiger charge is -2.06. The summed E-state index contributed by atoms with van der Waals surface area (Å²) < 4.78 is 13.6. The van der Waals surface area contributed by atoms with E-state index in [0.29, 0.717) is 5.57 Å². The van der Waals surface area contributed by atoms with Crippen molar-refractivity contribution < 1.29 is 14.1 Å². The van der Waals surface area contributed by atoms with E-state index in [1.54, 1.807) is 13.0 Å². The Balaban J connectivity index is 2.20. The van der Waals surface area contributed by atoms with Crippen LogP contribution in [-0.4, -0.2) is 10.8 Å². The third-order valence-corrected chi connectivity index (χ3v) is 2.95. The van der Waals surface area contributed by atoms with Crippen LogP contribution in [0.4, 0.5) is 15.8 Å². The Hall–Kier alpha value is -3.02. The molecule has 2 rings (SSSR count). The Bertz CT molecular complexity index is 742. The molecule has 0 spiro atoms. The predicted molar refractivity (Wildman–Crippen MR) is 81.8 cm³/mol. The minimum Gasteiger partial charge on any atom is -0.320 e. The van der Waals surface area contributed by atoms with E-state index in [9.17, 15) is 19.3 Å². The first-order valence-electron chi connectivity index (χ1n) is 6.46. The Labute approximate surface area is 126 Å². The first-order valence-corrected chi connectivity index (χ1v) is 6.46. The molecular formula is C16H13FN2O3. The lowest BCUT2D eigenvalue weighted by atomic mass is 10.1. The van der Waals surface area contributed by atoms with E-state index in [1.807, 2.05) is 30.3 Å². The van der Waals surface area contributed by atoms with Crippen LogP contribution in [-0.2, 0) is 4.79 Å². The summed E-state index contributed by atoms with van der Waals surface area (Å²) in [4.78, 5) is 22.1. The van der Waals surface area contributed by atoms with E-state index in [0.717, 1.165) is 23.8 Å². The SMILES string of the molecule is C/C(=C\c1ccccc1)C(=O)Nc1cc([N+](=O)[O-])ccc1F. The highest BCUT2D eigenvalue weighted by molar-refractivity contribution is 6.06. The van der Waals surface area contributed by atoms with Gasteiger partial charge >= 0.3 is 0 Å². The normalized spacial score (nSPS) is 11.1. The molecule has 0 unspecified atom stereocenters. The van der Waals surface area contributed by atoms with Crippen LogP contribution in [0.3, 0.4) is 0 Å². The summed E-state index contributed by atoms with van der Waals surface area (Å²) in [6.07, 6.45) is 1.64. The van der Waals surface area contributed by atoms with Gasteiger partial charge in [0.2, 0.25) is 0 Å². The third kappa shape index (κ3) is 3.76. The third-order valence-electron chi connectivity index (χ3n) is 2.95. The number of carbonyl (C=O) groups excluding carboxylic acids is 1. The number of nitrogens with zero attached hydrogens (tertiary/aromatic N) is 1. The fourth-order valence-electron chi connectivity index (χ4n) is 1.81. The molecule has 0 saturated carbocycles. The van der Waals surface area contributed by atoms with E-state index >= 15 is 0 Å². The molecule has 0 aromatic heterocycles. The first kappa shape index (κ1) is 15.4. The molecule has 1 N–H and O–H groups in total. The Kier molecular flexibility index (Phi) is 4.63. The molecule has 2 aromatic rings. The molecule has 0 bridgehead atoms. The molecule has 2 aromatic carbocycles. The largest absolute Gasteiger partial charge is 0.320 e. The maximum absolute atomic E-state index is 13.6. The van der Waals surface area contributed by atoms with Gasteiger partial charge in [0.15, 0.2) is 0 Å². The van der Waals surface area contributed by atoms with Crippen LogP contribution in [0, 0.1) is 15.9 Å². The summed E-state index contributed by atoms with van der Waals surface area (Å²) in [5, 5.41) is 13.0. The Morgan fingerprint density at radius 3 is 2.55 bits per heavy atom. The van der Waals surface area contributed by atoms with Crippen LogP contribution in [0.5, 0.6) is 0 Å². The number of nitro groups is 1. The lowest BCUT2D eigenvalue weighted by Crippen LogP contribution is -2.13. The second-order valence-corrected chi connectivity index (χ2v) is 4.61. The van der Waals surface area contributed by atoms with Crippen molar-refractivity contribution in [3.8, 4) is 0 Å².